The molecule has 0 radical (unpaired) electrons. The third-order valence-corrected chi connectivity index (χ3v) is 12.8. The Morgan fingerprint density at radius 1 is 0.328 bits per heavy atom. The van der Waals surface area contributed by atoms with E-state index in [1.165, 1.54) is 55.3 Å². The van der Waals surface area contributed by atoms with Crippen LogP contribution in [0, 0.1) is 0 Å². The number of rotatable bonds is 7. The van der Waals surface area contributed by atoms with Gasteiger partial charge in [0.25, 0.3) is 0 Å². The third kappa shape index (κ3) is 5.50. The number of benzene rings is 10. The Hall–Kier alpha value is -7.94. The fraction of sp³-hybridized carbons (Fsp3) is 0.0169. The fourth-order valence-corrected chi connectivity index (χ4v) is 10.0. The Kier molecular flexibility index (Phi) is 8.11. The van der Waals surface area contributed by atoms with Crippen molar-refractivity contribution in [2.75, 3.05) is 4.90 Å². The van der Waals surface area contributed by atoms with Gasteiger partial charge in [0.2, 0.25) is 0 Å². The molecule has 286 valence electrons. The van der Waals surface area contributed by atoms with Gasteiger partial charge in [-0.1, -0.05) is 188 Å². The molecule has 0 saturated carbocycles. The second-order valence-electron chi connectivity index (χ2n) is 16.0. The van der Waals surface area contributed by atoms with Crippen molar-refractivity contribution in [2.45, 2.75) is 5.41 Å². The minimum atomic E-state index is -0.454. The number of hydrogen-bond donors (Lipinski definition) is 0. The summed E-state index contributed by atoms with van der Waals surface area (Å²) in [6.45, 7) is 0. The smallest absolute Gasteiger partial charge is 0.136 e. The minimum absolute atomic E-state index is 0.454. The van der Waals surface area contributed by atoms with Gasteiger partial charge in [0.15, 0.2) is 0 Å². The number of para-hydroxylation sites is 2. The van der Waals surface area contributed by atoms with Crippen molar-refractivity contribution in [1.29, 1.82) is 0 Å². The van der Waals surface area contributed by atoms with Crippen molar-refractivity contribution in [3.8, 4) is 33.4 Å². The molecule has 2 nitrogen and oxygen atoms in total. The lowest BCUT2D eigenvalue weighted by atomic mass is 9.67. The summed E-state index contributed by atoms with van der Waals surface area (Å²) < 4.78 is 6.39. The molecule has 0 fully saturated rings. The summed E-state index contributed by atoms with van der Waals surface area (Å²) in [6.07, 6.45) is 0. The molecule has 0 unspecified atom stereocenters. The first kappa shape index (κ1) is 35.0. The third-order valence-electron chi connectivity index (χ3n) is 12.8. The van der Waals surface area contributed by atoms with Crippen LogP contribution in [0.2, 0.25) is 0 Å². The maximum absolute atomic E-state index is 6.39. The van der Waals surface area contributed by atoms with Crippen LogP contribution in [0.25, 0.3) is 66.1 Å². The fourth-order valence-electron chi connectivity index (χ4n) is 10.0. The highest BCUT2D eigenvalue weighted by Crippen LogP contribution is 2.57. The van der Waals surface area contributed by atoms with Crippen molar-refractivity contribution < 1.29 is 4.42 Å². The normalized spacial score (nSPS) is 12.7. The molecule has 2 heteroatoms. The number of hydrogen-bond acceptors (Lipinski definition) is 2. The molecule has 1 aromatic heterocycles. The van der Waals surface area contributed by atoms with Crippen LogP contribution >= 0.6 is 0 Å². The molecule has 0 aliphatic heterocycles. The van der Waals surface area contributed by atoms with Gasteiger partial charge >= 0.3 is 0 Å². The van der Waals surface area contributed by atoms with Crippen molar-refractivity contribution in [3.63, 3.8) is 0 Å². The maximum Gasteiger partial charge on any atom is 0.136 e. The number of anilines is 3. The highest BCUT2D eigenvalue weighted by Gasteiger charge is 2.46. The van der Waals surface area contributed by atoms with Crippen molar-refractivity contribution >= 4 is 49.8 Å². The second kappa shape index (κ2) is 14.1. The molecule has 1 heterocycles. The molecular weight excluding hydrogens is 739 g/mol. The topological polar surface area (TPSA) is 16.4 Å². The number of furan rings is 1. The molecule has 61 heavy (non-hydrogen) atoms. The molecule has 0 N–H and O–H groups in total. The van der Waals surface area contributed by atoms with Crippen LogP contribution in [-0.2, 0) is 5.41 Å². The van der Waals surface area contributed by atoms with E-state index in [1.807, 2.05) is 12.1 Å². The van der Waals surface area contributed by atoms with Crippen LogP contribution in [0.15, 0.2) is 241 Å². The maximum atomic E-state index is 6.39. The molecule has 12 rings (SSSR count). The zero-order chi connectivity index (χ0) is 40.3. The minimum Gasteiger partial charge on any atom is -0.456 e. The molecule has 0 saturated heterocycles. The van der Waals surface area contributed by atoms with Crippen LogP contribution in [-0.4, -0.2) is 0 Å². The van der Waals surface area contributed by atoms with Gasteiger partial charge in [-0.05, 0) is 104 Å². The Bertz CT molecular complexity index is 3370. The largest absolute Gasteiger partial charge is 0.456 e. The van der Waals surface area contributed by atoms with Gasteiger partial charge in [-0.2, -0.15) is 0 Å². The van der Waals surface area contributed by atoms with Gasteiger partial charge in [0.1, 0.15) is 11.2 Å². The first-order valence-electron chi connectivity index (χ1n) is 21.0. The van der Waals surface area contributed by atoms with Crippen molar-refractivity contribution in [3.05, 3.63) is 259 Å². The molecule has 0 atom stereocenters. The molecule has 1 aliphatic rings. The van der Waals surface area contributed by atoms with E-state index < -0.39 is 5.41 Å². The van der Waals surface area contributed by atoms with E-state index >= 15 is 0 Å². The zero-order valence-corrected chi connectivity index (χ0v) is 33.4. The summed E-state index contributed by atoms with van der Waals surface area (Å²) in [5.41, 5.74) is 16.9. The molecule has 0 amide bonds. The molecule has 0 spiro atoms. The molecule has 1 aliphatic carbocycles. The second-order valence-corrected chi connectivity index (χ2v) is 16.0. The average molecular weight is 778 g/mol. The summed E-state index contributed by atoms with van der Waals surface area (Å²) in [4.78, 5) is 2.42. The van der Waals surface area contributed by atoms with E-state index in [9.17, 15) is 0 Å². The first-order valence-corrected chi connectivity index (χ1v) is 21.0. The van der Waals surface area contributed by atoms with Gasteiger partial charge in [0.05, 0.1) is 16.8 Å². The zero-order valence-electron chi connectivity index (χ0n) is 33.4. The molecule has 0 bridgehead atoms. The van der Waals surface area contributed by atoms with E-state index in [4.69, 9.17) is 4.42 Å². The van der Waals surface area contributed by atoms with E-state index in [0.717, 1.165) is 50.1 Å². The molecule has 11 aromatic rings. The summed E-state index contributed by atoms with van der Waals surface area (Å²) in [5, 5.41) is 4.64. The summed E-state index contributed by atoms with van der Waals surface area (Å²) in [5.74, 6) is 0. The highest BCUT2D eigenvalue weighted by atomic mass is 16.3. The van der Waals surface area contributed by atoms with E-state index in [0.29, 0.717) is 0 Å². The van der Waals surface area contributed by atoms with E-state index in [2.05, 4.69) is 229 Å². The predicted octanol–water partition coefficient (Wildman–Crippen LogP) is 15.9. The average Bonchev–Trinajstić information content (AvgIpc) is 3.86. The number of nitrogens with zero attached hydrogens (tertiary/aromatic N) is 1. The van der Waals surface area contributed by atoms with E-state index in [1.54, 1.807) is 0 Å². The van der Waals surface area contributed by atoms with Crippen LogP contribution in [0.1, 0.15) is 22.3 Å². The van der Waals surface area contributed by atoms with Gasteiger partial charge < -0.3 is 9.32 Å². The van der Waals surface area contributed by atoms with Crippen LogP contribution in [0.5, 0.6) is 0 Å². The highest BCUT2D eigenvalue weighted by molar-refractivity contribution is 6.07. The van der Waals surface area contributed by atoms with Crippen molar-refractivity contribution in [2.24, 2.45) is 0 Å². The van der Waals surface area contributed by atoms with Crippen LogP contribution in [0.3, 0.4) is 0 Å². The quantitative estimate of drug-likeness (QED) is 0.160. The Morgan fingerprint density at radius 2 is 0.902 bits per heavy atom. The van der Waals surface area contributed by atoms with Gasteiger partial charge in [-0.25, -0.2) is 0 Å². The van der Waals surface area contributed by atoms with Crippen LogP contribution in [0.4, 0.5) is 17.1 Å². The lowest BCUT2D eigenvalue weighted by molar-refractivity contribution is 0.669. The van der Waals surface area contributed by atoms with Gasteiger partial charge in [-0.3, -0.25) is 0 Å². The Morgan fingerprint density at radius 3 is 1.70 bits per heavy atom. The molecule has 10 aromatic carbocycles. The monoisotopic (exact) mass is 777 g/mol. The van der Waals surface area contributed by atoms with Crippen molar-refractivity contribution in [1.82, 2.24) is 0 Å². The number of fused-ring (bicyclic) bond motifs is 7. The summed E-state index contributed by atoms with van der Waals surface area (Å²) in [6, 6.07) is 86.0. The Balaban J connectivity index is 1.01. The first-order chi connectivity index (χ1) is 30.3. The van der Waals surface area contributed by atoms with Gasteiger partial charge in [0, 0.05) is 27.4 Å². The standard InChI is InChI=1S/C59H39NO/c1-3-18-44(19-4-1)59(45-20-5-2-6-21-45)53-26-12-9-24-49(53)50-36-32-42(38-54(50)59)40-30-34-46(35-31-40)60(56-28-15-17-41-16-7-8-22-47(41)56)55-27-13-10-23-48(55)43-33-37-52-51-25-11-14-29-57(51)61-58(52)39-43/h1-39H. The van der Waals surface area contributed by atoms with Crippen LogP contribution < -0.4 is 4.90 Å². The lowest BCUT2D eigenvalue weighted by Gasteiger charge is -2.34. The SMILES string of the molecule is c1ccc(C2(c3ccccc3)c3ccccc3-c3ccc(-c4ccc(N(c5ccccc5-c5ccc6c(c5)oc5ccccc56)c5cccc6ccccc56)cc4)cc32)cc1. The lowest BCUT2D eigenvalue weighted by Crippen LogP contribution is -2.28. The summed E-state index contributed by atoms with van der Waals surface area (Å²) in [7, 11) is 0. The predicted molar refractivity (Wildman–Crippen MR) is 254 cm³/mol. The van der Waals surface area contributed by atoms with E-state index in [-0.39, 0.29) is 0 Å². The summed E-state index contributed by atoms with van der Waals surface area (Å²) >= 11 is 0. The Labute approximate surface area is 355 Å². The van der Waals surface area contributed by atoms with Gasteiger partial charge in [-0.15, -0.1) is 0 Å². The molecular formula is C59H39NO.